The van der Waals surface area contributed by atoms with Gasteiger partial charge in [0.2, 0.25) is 5.88 Å². The zero-order valence-electron chi connectivity index (χ0n) is 7.15. The van der Waals surface area contributed by atoms with Crippen molar-refractivity contribution in [2.45, 2.75) is 13.0 Å². The van der Waals surface area contributed by atoms with E-state index in [4.69, 9.17) is 10.6 Å². The first-order chi connectivity index (χ1) is 5.77. The predicted octanol–water partition coefficient (Wildman–Crippen LogP) is 1.04. The standard InChI is InChI=1S/C8H12N2O2/c1-6(12-9)7-3-4-10-8(5-7)11-2/h3-6H,9H2,1-2H3. The minimum atomic E-state index is -0.137. The van der Waals surface area contributed by atoms with Crippen LogP contribution in [0.25, 0.3) is 0 Å². The summed E-state index contributed by atoms with van der Waals surface area (Å²) in [4.78, 5) is 8.61. The third kappa shape index (κ3) is 1.93. The van der Waals surface area contributed by atoms with E-state index in [2.05, 4.69) is 9.82 Å². The van der Waals surface area contributed by atoms with Crippen LogP contribution >= 0.6 is 0 Å². The van der Waals surface area contributed by atoms with Crippen molar-refractivity contribution in [2.75, 3.05) is 7.11 Å². The lowest BCUT2D eigenvalue weighted by molar-refractivity contribution is 0.0662. The minimum Gasteiger partial charge on any atom is -0.481 e. The van der Waals surface area contributed by atoms with E-state index >= 15 is 0 Å². The topological polar surface area (TPSA) is 57.4 Å². The van der Waals surface area contributed by atoms with Crippen molar-refractivity contribution in [2.24, 2.45) is 5.90 Å². The number of aromatic nitrogens is 1. The van der Waals surface area contributed by atoms with E-state index in [1.54, 1.807) is 19.4 Å². The van der Waals surface area contributed by atoms with Gasteiger partial charge in [-0.1, -0.05) is 0 Å². The highest BCUT2D eigenvalue weighted by Gasteiger charge is 2.04. The molecule has 1 unspecified atom stereocenters. The van der Waals surface area contributed by atoms with E-state index in [9.17, 15) is 0 Å². The number of rotatable bonds is 3. The third-order valence-corrected chi connectivity index (χ3v) is 1.64. The third-order valence-electron chi connectivity index (χ3n) is 1.64. The number of pyridine rings is 1. The maximum absolute atomic E-state index is 5.03. The quantitative estimate of drug-likeness (QED) is 0.685. The van der Waals surface area contributed by atoms with Crippen LogP contribution in [0.4, 0.5) is 0 Å². The van der Waals surface area contributed by atoms with Gasteiger partial charge in [0, 0.05) is 12.3 Å². The minimum absolute atomic E-state index is 0.137. The molecular weight excluding hydrogens is 156 g/mol. The van der Waals surface area contributed by atoms with Crippen LogP contribution in [0.2, 0.25) is 0 Å². The second-order valence-corrected chi connectivity index (χ2v) is 2.41. The van der Waals surface area contributed by atoms with Gasteiger partial charge in [-0.25, -0.2) is 10.9 Å². The molecule has 0 fully saturated rings. The van der Waals surface area contributed by atoms with Gasteiger partial charge in [0.1, 0.15) is 6.10 Å². The lowest BCUT2D eigenvalue weighted by Crippen LogP contribution is -2.05. The fourth-order valence-corrected chi connectivity index (χ4v) is 0.868. The Kier molecular flexibility index (Phi) is 3.01. The zero-order chi connectivity index (χ0) is 8.97. The van der Waals surface area contributed by atoms with Gasteiger partial charge < -0.3 is 4.74 Å². The molecule has 0 aliphatic carbocycles. The van der Waals surface area contributed by atoms with Gasteiger partial charge in [-0.3, -0.25) is 4.84 Å². The monoisotopic (exact) mass is 168 g/mol. The van der Waals surface area contributed by atoms with Crippen molar-refractivity contribution < 1.29 is 9.57 Å². The molecule has 0 saturated carbocycles. The molecule has 0 aliphatic heterocycles. The maximum Gasteiger partial charge on any atom is 0.213 e. The number of hydrogen-bond donors (Lipinski definition) is 1. The van der Waals surface area contributed by atoms with Crippen molar-refractivity contribution in [1.29, 1.82) is 0 Å². The summed E-state index contributed by atoms with van der Waals surface area (Å²) < 4.78 is 4.94. The Morgan fingerprint density at radius 3 is 2.92 bits per heavy atom. The molecule has 0 bridgehead atoms. The van der Waals surface area contributed by atoms with Crippen LogP contribution in [0.3, 0.4) is 0 Å². The lowest BCUT2D eigenvalue weighted by Gasteiger charge is -2.08. The first-order valence-electron chi connectivity index (χ1n) is 3.63. The Bertz CT molecular complexity index is 253. The van der Waals surface area contributed by atoms with E-state index in [0.29, 0.717) is 5.88 Å². The van der Waals surface area contributed by atoms with Crippen LogP contribution in [0.1, 0.15) is 18.6 Å². The van der Waals surface area contributed by atoms with Gasteiger partial charge in [-0.15, -0.1) is 0 Å². The smallest absolute Gasteiger partial charge is 0.213 e. The van der Waals surface area contributed by atoms with Crippen LogP contribution in [0.15, 0.2) is 18.3 Å². The second-order valence-electron chi connectivity index (χ2n) is 2.41. The van der Waals surface area contributed by atoms with Crippen molar-refractivity contribution >= 4 is 0 Å². The van der Waals surface area contributed by atoms with Gasteiger partial charge in [0.05, 0.1) is 7.11 Å². The molecule has 0 radical (unpaired) electrons. The first kappa shape index (κ1) is 8.96. The highest BCUT2D eigenvalue weighted by atomic mass is 16.6. The SMILES string of the molecule is COc1cc(C(C)ON)ccn1. The summed E-state index contributed by atoms with van der Waals surface area (Å²) in [7, 11) is 1.57. The maximum atomic E-state index is 5.03. The van der Waals surface area contributed by atoms with Crippen LogP contribution < -0.4 is 10.6 Å². The van der Waals surface area contributed by atoms with Gasteiger partial charge in [0.15, 0.2) is 0 Å². The summed E-state index contributed by atoms with van der Waals surface area (Å²) in [6.07, 6.45) is 1.52. The van der Waals surface area contributed by atoms with E-state index in [-0.39, 0.29) is 6.10 Å². The molecule has 0 amide bonds. The van der Waals surface area contributed by atoms with E-state index < -0.39 is 0 Å². The van der Waals surface area contributed by atoms with Crippen molar-refractivity contribution in [1.82, 2.24) is 4.98 Å². The highest BCUT2D eigenvalue weighted by molar-refractivity contribution is 5.21. The Balaban J connectivity index is 2.86. The fraction of sp³-hybridized carbons (Fsp3) is 0.375. The van der Waals surface area contributed by atoms with Crippen LogP contribution in [0.5, 0.6) is 5.88 Å². The van der Waals surface area contributed by atoms with Crippen LogP contribution in [-0.2, 0) is 4.84 Å². The van der Waals surface area contributed by atoms with Gasteiger partial charge in [0.25, 0.3) is 0 Å². The predicted molar refractivity (Wildman–Crippen MR) is 44.5 cm³/mol. The largest absolute Gasteiger partial charge is 0.481 e. The number of ether oxygens (including phenoxy) is 1. The van der Waals surface area contributed by atoms with Crippen molar-refractivity contribution in [3.05, 3.63) is 23.9 Å². The summed E-state index contributed by atoms with van der Waals surface area (Å²) in [5.74, 6) is 5.60. The molecule has 0 aliphatic rings. The average molecular weight is 168 g/mol. The lowest BCUT2D eigenvalue weighted by atomic mass is 10.2. The summed E-state index contributed by atoms with van der Waals surface area (Å²) in [5.41, 5.74) is 0.948. The summed E-state index contributed by atoms with van der Waals surface area (Å²) in [6.45, 7) is 1.86. The molecule has 0 aromatic carbocycles. The van der Waals surface area contributed by atoms with E-state index in [0.717, 1.165) is 5.56 Å². The molecule has 4 nitrogen and oxygen atoms in total. The van der Waals surface area contributed by atoms with Crippen LogP contribution in [0, 0.1) is 0 Å². The molecule has 0 spiro atoms. The van der Waals surface area contributed by atoms with Crippen LogP contribution in [-0.4, -0.2) is 12.1 Å². The van der Waals surface area contributed by atoms with Crippen molar-refractivity contribution in [3.63, 3.8) is 0 Å². The number of nitrogens with zero attached hydrogens (tertiary/aromatic N) is 1. The van der Waals surface area contributed by atoms with E-state index in [1.807, 2.05) is 13.0 Å². The fourth-order valence-electron chi connectivity index (χ4n) is 0.868. The molecule has 12 heavy (non-hydrogen) atoms. The molecule has 1 aromatic rings. The van der Waals surface area contributed by atoms with Gasteiger partial charge >= 0.3 is 0 Å². The number of methoxy groups -OCH3 is 1. The number of nitrogens with two attached hydrogens (primary N) is 1. The molecule has 66 valence electrons. The zero-order valence-corrected chi connectivity index (χ0v) is 7.15. The van der Waals surface area contributed by atoms with Crippen molar-refractivity contribution in [3.8, 4) is 5.88 Å². The molecule has 2 N–H and O–H groups in total. The highest BCUT2D eigenvalue weighted by Crippen LogP contribution is 2.17. The summed E-state index contributed by atoms with van der Waals surface area (Å²) >= 11 is 0. The molecular formula is C8H12N2O2. The second kappa shape index (κ2) is 4.04. The average Bonchev–Trinajstić information content (AvgIpc) is 2.17. The molecule has 1 heterocycles. The molecule has 0 saturated heterocycles. The molecule has 1 rings (SSSR count). The molecule has 4 heteroatoms. The van der Waals surface area contributed by atoms with Gasteiger partial charge in [-0.2, -0.15) is 0 Å². The molecule has 1 aromatic heterocycles. The normalized spacial score (nSPS) is 12.6. The summed E-state index contributed by atoms with van der Waals surface area (Å²) in [6, 6.07) is 3.62. The Morgan fingerprint density at radius 1 is 1.58 bits per heavy atom. The Morgan fingerprint density at radius 2 is 2.33 bits per heavy atom. The Labute approximate surface area is 71.3 Å². The van der Waals surface area contributed by atoms with Gasteiger partial charge in [-0.05, 0) is 18.6 Å². The molecule has 1 atom stereocenters. The van der Waals surface area contributed by atoms with E-state index in [1.165, 1.54) is 0 Å². The summed E-state index contributed by atoms with van der Waals surface area (Å²) in [5, 5.41) is 0. The number of hydrogen-bond acceptors (Lipinski definition) is 4. The first-order valence-corrected chi connectivity index (χ1v) is 3.63. The Hall–Kier alpha value is -1.13.